The fraction of sp³-hybridized carbons (Fsp3) is 0.833. The number of aliphatic carboxylic acids is 4. The average Bonchev–Trinajstić information content (AvgIpc) is 0.854. The zero-order valence-corrected chi connectivity index (χ0v) is 101. The second-order valence-electron chi connectivity index (χ2n) is 36.0. The van der Waals surface area contributed by atoms with E-state index in [1.54, 1.807) is 0 Å². The van der Waals surface area contributed by atoms with Crippen LogP contribution in [0.4, 0.5) is 19.2 Å². The summed E-state index contributed by atoms with van der Waals surface area (Å²) in [5, 5.41) is 69.8. The van der Waals surface area contributed by atoms with E-state index in [1.807, 2.05) is 0 Å². The van der Waals surface area contributed by atoms with Crippen molar-refractivity contribution in [2.75, 3.05) is 26.2 Å². The van der Waals surface area contributed by atoms with Crippen LogP contribution in [0.25, 0.3) is 0 Å². The average molecular weight is 2240 g/mol. The number of carbonyl (C=O) groups excluding carboxylic acids is 8. The van der Waals surface area contributed by atoms with Crippen LogP contribution in [-0.2, 0) is 118 Å². The van der Waals surface area contributed by atoms with Crippen molar-refractivity contribution in [3.63, 3.8) is 0 Å². The van der Waals surface area contributed by atoms with Gasteiger partial charge in [0.05, 0.1) is 25.7 Å². The second kappa shape index (κ2) is 101. The molecule has 44 nitrogen and oxygen atoms in total. The minimum absolute atomic E-state index is 0. The summed E-state index contributed by atoms with van der Waals surface area (Å²) in [5.74, 6) is -29.1. The number of carboxylic acids is 4. The number of nitrogens with zero attached hydrogens (tertiary/aromatic N) is 4. The molecular weight excluding hydrogens is 2070 g/mol. The maximum atomic E-state index is 12.2. The van der Waals surface area contributed by atoms with Crippen LogP contribution in [0.1, 0.15) is 464 Å². The van der Waals surface area contributed by atoms with Crippen LogP contribution < -0.4 is 118 Å². The molecule has 0 saturated heterocycles. The maximum absolute atomic E-state index is 12.2. The number of hydrogen-bond donors (Lipinski definition) is 8. The Kier molecular flexibility index (Phi) is 108. The molecule has 0 aliphatic rings. The molecule has 148 heavy (non-hydrogen) atoms. The Morgan fingerprint density at radius 3 is 0.365 bits per heavy atom. The maximum Gasteiger partial charge on any atom is 1.00 e. The molecule has 0 aliphatic carbocycles. The second-order valence-corrected chi connectivity index (χ2v) is 41.2. The summed E-state index contributed by atoms with van der Waals surface area (Å²) in [7, 11) is -20.9. The van der Waals surface area contributed by atoms with E-state index in [-0.39, 0.29) is 161 Å². The molecule has 0 saturated carbocycles. The predicted octanol–water partition coefficient (Wildman–Crippen LogP) is 7.41. The van der Waals surface area contributed by atoms with Gasteiger partial charge in [-0.1, -0.05) is 413 Å². The van der Waals surface area contributed by atoms with Gasteiger partial charge in [0, 0.05) is 26.2 Å². The van der Waals surface area contributed by atoms with Crippen LogP contribution in [0.5, 0.6) is 0 Å². The van der Waals surface area contributed by atoms with Gasteiger partial charge in [-0.3, -0.25) is 57.5 Å². The normalized spacial score (nSPS) is 11.8. The summed E-state index contributed by atoms with van der Waals surface area (Å²) in [4.78, 5) is 181. The molecule has 0 fully saturated rings. The molecule has 0 spiro atoms. The third-order valence-corrected chi connectivity index (χ3v) is 27.4. The van der Waals surface area contributed by atoms with E-state index in [4.69, 9.17) is 40.9 Å². The molecule has 0 bridgehead atoms. The molecule has 0 heterocycles. The molecule has 52 heteroatoms. The van der Waals surface area contributed by atoms with Gasteiger partial charge in [-0.25, -0.2) is 70.1 Å². The van der Waals surface area contributed by atoms with Crippen molar-refractivity contribution in [1.82, 2.24) is 17.2 Å². The van der Waals surface area contributed by atoms with Gasteiger partial charge in [0.2, 0.25) is 23.6 Å². The molecular formula is C96H168N4Na4O40S4. The van der Waals surface area contributed by atoms with Crippen LogP contribution in [-0.4, -0.2) is 232 Å². The van der Waals surface area contributed by atoms with Crippen LogP contribution in [0, 0.1) is 23.7 Å². The fourth-order valence-electron chi connectivity index (χ4n) is 15.5. The van der Waals surface area contributed by atoms with Gasteiger partial charge in [0.25, 0.3) is 0 Å². The number of carbonyl (C=O) groups is 16. The number of rotatable bonds is 88. The monoisotopic (exact) mass is 2240 g/mol. The number of esters is 4. The van der Waals surface area contributed by atoms with Gasteiger partial charge in [0.1, 0.15) is 0 Å². The van der Waals surface area contributed by atoms with Gasteiger partial charge < -0.3 is 78.0 Å². The van der Waals surface area contributed by atoms with E-state index in [0.29, 0.717) is 25.7 Å². The van der Waals surface area contributed by atoms with Crippen LogP contribution >= 0.6 is 0 Å². The topological polar surface area (TPSA) is 714 Å². The number of hydrogen-bond acceptors (Lipinski definition) is 32. The van der Waals surface area contributed by atoms with Crippen LogP contribution in [0.3, 0.4) is 0 Å². The summed E-state index contributed by atoms with van der Waals surface area (Å²) in [6, 6.07) is 0. The molecule has 4 amide bonds. The Bertz CT molecular complexity index is 3610. The number of ether oxygens (including phenoxy) is 4. The van der Waals surface area contributed by atoms with Crippen LogP contribution in [0.2, 0.25) is 0 Å². The van der Waals surface area contributed by atoms with Crippen LogP contribution in [0.15, 0.2) is 0 Å². The summed E-state index contributed by atoms with van der Waals surface area (Å²) >= 11 is 0. The smallest absolute Gasteiger partial charge is 0.731 e. The summed E-state index contributed by atoms with van der Waals surface area (Å²) in [6.45, 7) is 7.11. The molecule has 0 radical (unpaired) electrons. The van der Waals surface area contributed by atoms with E-state index in [9.17, 15) is 129 Å². The molecule has 0 aromatic rings. The Morgan fingerprint density at radius 1 is 0.189 bits per heavy atom. The molecule has 4 unspecified atom stereocenters. The Morgan fingerprint density at radius 2 is 0.284 bits per heavy atom. The minimum Gasteiger partial charge on any atom is -0.731 e. The minimum atomic E-state index is -5.23. The van der Waals surface area contributed by atoms with Gasteiger partial charge in [-0.15, -0.1) is 0 Å². The van der Waals surface area contributed by atoms with Crippen molar-refractivity contribution in [3.05, 3.63) is 0 Å². The van der Waals surface area contributed by atoms with E-state index in [2.05, 4.69) is 46.6 Å². The van der Waals surface area contributed by atoms with Gasteiger partial charge in [-0.05, 0) is 25.7 Å². The first-order valence-corrected chi connectivity index (χ1v) is 57.2. The fourth-order valence-corrected chi connectivity index (χ4v) is 18.2. The first kappa shape index (κ1) is 158. The standard InChI is InChI=1S/4C24H43NO10S.4Na/c4*1-2-3-4-5-6-7-8-9-10-11-12-13-14-15-16-17-18-25(36(32,33)34)21(26)19-20(22(27)28)23(29)35-24(30)31;;;;/h4*20H,2-19H2,1H3,(H,27,28)(H,30,31)(H,32,33,34);;;;/q;;;;4*+1/p-4. The van der Waals surface area contributed by atoms with Crippen molar-refractivity contribution < 1.29 is 307 Å². The zero-order valence-electron chi connectivity index (χ0n) is 89.3. The zero-order chi connectivity index (χ0) is 110. The molecule has 840 valence electrons. The summed E-state index contributed by atoms with van der Waals surface area (Å²) < 4.78 is 152. The largest absolute Gasteiger partial charge is 1.00 e. The summed E-state index contributed by atoms with van der Waals surface area (Å²) in [6.07, 6.45) is 57.2. The third-order valence-electron chi connectivity index (χ3n) is 23.6. The molecule has 0 aliphatic heterocycles. The number of unbranched alkanes of at least 4 members (excludes halogenated alkanes) is 60. The quantitative estimate of drug-likeness (QED) is 0.00733. The van der Waals surface area contributed by atoms with Gasteiger partial charge in [-0.2, -0.15) is 0 Å². The molecule has 0 aromatic carbocycles. The molecule has 8 N–H and O–H groups in total. The molecule has 4 atom stereocenters. The Balaban J connectivity index is -0.000000292. The molecule has 0 rings (SSSR count). The SMILES string of the molecule is CCCCCCCCCCCCCCCCCCN(C(=O)CC(C(=O)O)C(=O)OC(=O)O)S(=O)(=O)[O-].CCCCCCCCCCCCCCCCCCN(C(=O)CC(C(=O)O)C(=O)OC(=O)O)S(=O)(=O)[O-].CCCCCCCCCCCCCCCCCCN(C(=O)CC(C(=O)O)C(=O)OC(=O)O)S(=O)(=O)[O-].CCCCCCCCCCCCCCCCCCN(C(=O)CC(C(=O)O)C(=O)OC(=O)O)S(=O)(=O)[O-].[Na+].[Na+].[Na+].[Na+]. The van der Waals surface area contributed by atoms with Crippen molar-refractivity contribution in [3.8, 4) is 0 Å². The number of amides is 4. The van der Waals surface area contributed by atoms with E-state index in [0.717, 1.165) is 103 Å². The van der Waals surface area contributed by atoms with Crippen molar-refractivity contribution in [2.24, 2.45) is 23.7 Å². The van der Waals surface area contributed by atoms with Gasteiger partial charge >= 0.3 is 191 Å². The van der Waals surface area contributed by atoms with Crippen molar-refractivity contribution in [1.29, 1.82) is 0 Å². The Labute approximate surface area is 966 Å². The third kappa shape index (κ3) is 94.7. The van der Waals surface area contributed by atoms with E-state index < -0.39 is 213 Å². The first-order valence-electron chi connectivity index (χ1n) is 51.8. The first-order chi connectivity index (χ1) is 68.0. The van der Waals surface area contributed by atoms with Crippen molar-refractivity contribution in [2.45, 2.75) is 464 Å². The molecule has 0 aromatic heterocycles. The number of carboxylic acid groups (broad SMARTS) is 8. The predicted molar refractivity (Wildman–Crippen MR) is 523 cm³/mol. The Hall–Kier alpha value is -4.84. The van der Waals surface area contributed by atoms with E-state index >= 15 is 0 Å². The van der Waals surface area contributed by atoms with Gasteiger partial charge in [0.15, 0.2) is 64.9 Å². The summed E-state index contributed by atoms with van der Waals surface area (Å²) in [5.41, 5.74) is 0. The van der Waals surface area contributed by atoms with Crippen molar-refractivity contribution >= 4 is 137 Å². The van der Waals surface area contributed by atoms with E-state index in [1.165, 1.54) is 257 Å².